The minimum Gasteiger partial charge on any atom is -0.391 e. The first-order chi connectivity index (χ1) is 9.72. The zero-order valence-electron chi connectivity index (χ0n) is 13.7. The normalized spacial score (nSPS) is 11.8. The fraction of sp³-hybridized carbons (Fsp3) is 0.471. The summed E-state index contributed by atoms with van der Waals surface area (Å²) in [4.78, 5) is 7.82. The summed E-state index contributed by atoms with van der Waals surface area (Å²) < 4.78 is 0. The molecule has 114 valence electrons. The Bertz CT molecular complexity index is 620. The quantitative estimate of drug-likeness (QED) is 0.917. The van der Waals surface area contributed by atoms with E-state index in [4.69, 9.17) is 4.98 Å². The number of thiazole rings is 1. The van der Waals surface area contributed by atoms with Gasteiger partial charge < -0.3 is 10.0 Å². The van der Waals surface area contributed by atoms with Crippen molar-refractivity contribution in [3.63, 3.8) is 0 Å². The molecule has 0 atom stereocenters. The van der Waals surface area contributed by atoms with E-state index >= 15 is 0 Å². The molecule has 0 saturated heterocycles. The Morgan fingerprint density at radius 3 is 2.14 bits per heavy atom. The minimum atomic E-state index is -0.0594. The van der Waals surface area contributed by atoms with Crippen LogP contribution in [0.15, 0.2) is 18.2 Å². The van der Waals surface area contributed by atoms with Crippen LogP contribution in [0, 0.1) is 13.8 Å². The highest BCUT2D eigenvalue weighted by atomic mass is 32.1. The maximum Gasteiger partial charge on any atom is 0.190 e. The summed E-state index contributed by atoms with van der Waals surface area (Å²) in [5.74, 6) is 0. The Labute approximate surface area is 131 Å². The Morgan fingerprint density at radius 1 is 1.14 bits per heavy atom. The Kier molecular flexibility index (Phi) is 4.40. The van der Waals surface area contributed by atoms with Gasteiger partial charge in [0.1, 0.15) is 0 Å². The third kappa shape index (κ3) is 3.44. The van der Waals surface area contributed by atoms with E-state index in [1.807, 2.05) is 7.05 Å². The second-order valence-electron chi connectivity index (χ2n) is 6.58. The Morgan fingerprint density at radius 2 is 1.71 bits per heavy atom. The number of nitrogens with zero attached hydrogens (tertiary/aromatic N) is 2. The van der Waals surface area contributed by atoms with E-state index in [1.54, 1.807) is 11.3 Å². The Balaban J connectivity index is 2.44. The molecule has 0 bridgehead atoms. The molecule has 0 aliphatic heterocycles. The molecule has 1 aromatic heterocycles. The molecule has 1 heterocycles. The van der Waals surface area contributed by atoms with E-state index in [0.29, 0.717) is 0 Å². The summed E-state index contributed by atoms with van der Waals surface area (Å²) in [6.45, 7) is 10.6. The van der Waals surface area contributed by atoms with Crippen LogP contribution in [0.3, 0.4) is 0 Å². The van der Waals surface area contributed by atoms with Crippen molar-refractivity contribution in [2.45, 2.75) is 46.6 Å². The molecule has 0 saturated carbocycles. The molecule has 4 heteroatoms. The summed E-state index contributed by atoms with van der Waals surface area (Å²) in [6.07, 6.45) is 0. The van der Waals surface area contributed by atoms with Crippen LogP contribution in [-0.2, 0) is 12.0 Å². The van der Waals surface area contributed by atoms with Crippen LogP contribution in [0.4, 0.5) is 10.8 Å². The number of aryl methyl sites for hydroxylation is 2. The van der Waals surface area contributed by atoms with Crippen LogP contribution < -0.4 is 4.90 Å². The minimum absolute atomic E-state index is 0.0466. The van der Waals surface area contributed by atoms with Gasteiger partial charge in [0.25, 0.3) is 0 Å². The van der Waals surface area contributed by atoms with Gasteiger partial charge in [-0.3, -0.25) is 0 Å². The molecule has 2 rings (SSSR count). The summed E-state index contributed by atoms with van der Waals surface area (Å²) in [6, 6.07) is 6.48. The van der Waals surface area contributed by atoms with Crippen molar-refractivity contribution in [1.29, 1.82) is 0 Å². The standard InChI is InChI=1S/C17H24N2OS/c1-11-7-12(2)9-13(8-11)19(6)16-18-15(17(3,4)5)14(10-20)21-16/h7-9,20H,10H2,1-6H3. The van der Waals surface area contributed by atoms with Crippen LogP contribution in [0.2, 0.25) is 0 Å². The lowest BCUT2D eigenvalue weighted by Crippen LogP contribution is -2.15. The predicted octanol–water partition coefficient (Wildman–Crippen LogP) is 4.32. The van der Waals surface area contributed by atoms with Crippen molar-refractivity contribution < 1.29 is 5.11 Å². The molecule has 0 aliphatic carbocycles. The topological polar surface area (TPSA) is 36.4 Å². The maximum absolute atomic E-state index is 9.59. The van der Waals surface area contributed by atoms with Gasteiger partial charge in [-0.15, -0.1) is 0 Å². The lowest BCUT2D eigenvalue weighted by molar-refractivity contribution is 0.282. The molecule has 0 amide bonds. The number of rotatable bonds is 3. The van der Waals surface area contributed by atoms with E-state index in [9.17, 15) is 5.11 Å². The van der Waals surface area contributed by atoms with Crippen LogP contribution in [0.25, 0.3) is 0 Å². The van der Waals surface area contributed by atoms with Crippen LogP contribution >= 0.6 is 11.3 Å². The van der Waals surface area contributed by atoms with Gasteiger partial charge in [0.15, 0.2) is 5.13 Å². The van der Waals surface area contributed by atoms with Crippen LogP contribution in [-0.4, -0.2) is 17.1 Å². The molecule has 1 aromatic carbocycles. The van der Waals surface area contributed by atoms with Crippen LogP contribution in [0.1, 0.15) is 42.5 Å². The van der Waals surface area contributed by atoms with Crippen molar-refractivity contribution >= 4 is 22.2 Å². The number of anilines is 2. The van der Waals surface area contributed by atoms with E-state index in [2.05, 4.69) is 57.7 Å². The van der Waals surface area contributed by atoms with E-state index in [0.717, 1.165) is 21.4 Å². The van der Waals surface area contributed by atoms with Crippen molar-refractivity contribution in [1.82, 2.24) is 4.98 Å². The third-order valence-electron chi connectivity index (χ3n) is 3.42. The number of aliphatic hydroxyl groups excluding tert-OH is 1. The second kappa shape index (κ2) is 5.78. The lowest BCUT2D eigenvalue weighted by Gasteiger charge is -2.19. The largest absolute Gasteiger partial charge is 0.391 e. The first-order valence-corrected chi connectivity index (χ1v) is 7.97. The van der Waals surface area contributed by atoms with Gasteiger partial charge in [0, 0.05) is 18.2 Å². The van der Waals surface area contributed by atoms with Gasteiger partial charge in [0.05, 0.1) is 17.2 Å². The summed E-state index contributed by atoms with van der Waals surface area (Å²) in [5, 5.41) is 10.5. The molecule has 0 aliphatic rings. The molecule has 2 aromatic rings. The number of hydrogen-bond acceptors (Lipinski definition) is 4. The number of aromatic nitrogens is 1. The zero-order chi connectivity index (χ0) is 15.8. The number of benzene rings is 1. The first-order valence-electron chi connectivity index (χ1n) is 7.15. The first kappa shape index (κ1) is 16.0. The summed E-state index contributed by atoms with van der Waals surface area (Å²) in [7, 11) is 2.03. The highest BCUT2D eigenvalue weighted by Crippen LogP contribution is 2.36. The predicted molar refractivity (Wildman–Crippen MR) is 90.7 cm³/mol. The summed E-state index contributed by atoms with van der Waals surface area (Å²) in [5.41, 5.74) is 4.54. The van der Waals surface area contributed by atoms with E-state index < -0.39 is 0 Å². The van der Waals surface area contributed by atoms with Gasteiger partial charge in [-0.05, 0) is 37.1 Å². The number of hydrogen-bond donors (Lipinski definition) is 1. The maximum atomic E-state index is 9.59. The van der Waals surface area contributed by atoms with Crippen LogP contribution in [0.5, 0.6) is 0 Å². The average Bonchev–Trinajstić information content (AvgIpc) is 2.80. The molecule has 0 spiro atoms. The SMILES string of the molecule is Cc1cc(C)cc(N(C)c2nc(C(C)(C)C)c(CO)s2)c1. The molecule has 21 heavy (non-hydrogen) atoms. The highest BCUT2D eigenvalue weighted by Gasteiger charge is 2.24. The fourth-order valence-corrected chi connectivity index (χ4v) is 3.54. The number of aliphatic hydroxyl groups is 1. The molecule has 0 radical (unpaired) electrons. The average molecular weight is 304 g/mol. The zero-order valence-corrected chi connectivity index (χ0v) is 14.5. The lowest BCUT2D eigenvalue weighted by atomic mass is 9.91. The molecule has 3 nitrogen and oxygen atoms in total. The van der Waals surface area contributed by atoms with Crippen molar-refractivity contribution in [2.75, 3.05) is 11.9 Å². The third-order valence-corrected chi connectivity index (χ3v) is 4.54. The van der Waals surface area contributed by atoms with Gasteiger partial charge in [-0.25, -0.2) is 4.98 Å². The summed E-state index contributed by atoms with van der Waals surface area (Å²) >= 11 is 1.57. The molecule has 0 fully saturated rings. The molecule has 0 unspecified atom stereocenters. The smallest absolute Gasteiger partial charge is 0.190 e. The molecule has 1 N–H and O–H groups in total. The van der Waals surface area contributed by atoms with Crippen molar-refractivity contribution in [3.8, 4) is 0 Å². The van der Waals surface area contributed by atoms with Gasteiger partial charge in [0.2, 0.25) is 0 Å². The fourth-order valence-electron chi connectivity index (χ4n) is 2.43. The van der Waals surface area contributed by atoms with Crippen molar-refractivity contribution in [2.24, 2.45) is 0 Å². The van der Waals surface area contributed by atoms with Gasteiger partial charge in [-0.2, -0.15) is 0 Å². The molecular weight excluding hydrogens is 280 g/mol. The Hall–Kier alpha value is -1.39. The highest BCUT2D eigenvalue weighted by molar-refractivity contribution is 7.15. The van der Waals surface area contributed by atoms with Gasteiger partial charge >= 0.3 is 0 Å². The monoisotopic (exact) mass is 304 g/mol. The van der Waals surface area contributed by atoms with Crippen molar-refractivity contribution in [3.05, 3.63) is 39.9 Å². The van der Waals surface area contributed by atoms with E-state index in [-0.39, 0.29) is 12.0 Å². The van der Waals surface area contributed by atoms with E-state index in [1.165, 1.54) is 11.1 Å². The molecular formula is C17H24N2OS. The second-order valence-corrected chi connectivity index (χ2v) is 7.64. The van der Waals surface area contributed by atoms with Gasteiger partial charge in [-0.1, -0.05) is 38.2 Å².